The molecule has 0 spiro atoms. The Hall–Kier alpha value is -1.03. The second-order valence-corrected chi connectivity index (χ2v) is 4.22. The largest absolute Gasteiger partial charge is 0.493 e. The summed E-state index contributed by atoms with van der Waals surface area (Å²) in [6.07, 6.45) is 0.340. The Labute approximate surface area is 104 Å². The molecule has 0 saturated heterocycles. The van der Waals surface area contributed by atoms with Gasteiger partial charge in [-0.25, -0.2) is 0 Å². The van der Waals surface area contributed by atoms with Gasteiger partial charge in [0.15, 0.2) is 11.5 Å². The van der Waals surface area contributed by atoms with Crippen LogP contribution in [0.1, 0.15) is 19.4 Å². The molecule has 3 nitrogen and oxygen atoms in total. The molecule has 1 aromatic rings. The van der Waals surface area contributed by atoms with Crippen LogP contribution in [0.4, 0.5) is 0 Å². The molecule has 0 N–H and O–H groups in total. The molecule has 0 unspecified atom stereocenters. The number of carbonyl (C=O) groups excluding carboxylic acids is 1. The molecule has 0 aliphatic carbocycles. The van der Waals surface area contributed by atoms with Crippen LogP contribution in [-0.2, 0) is 11.2 Å². The molecular weight excluding hydrogens is 272 g/mol. The fraction of sp³-hybridized carbons (Fsp3) is 0.417. The summed E-state index contributed by atoms with van der Waals surface area (Å²) < 4.78 is 11.6. The van der Waals surface area contributed by atoms with E-state index >= 15 is 0 Å². The summed E-state index contributed by atoms with van der Waals surface area (Å²) in [4.78, 5) is 11.2. The van der Waals surface area contributed by atoms with E-state index < -0.39 is 0 Å². The number of benzene rings is 1. The number of ether oxygens (including phenoxy) is 2. The lowest BCUT2D eigenvalue weighted by Gasteiger charge is -2.14. The van der Waals surface area contributed by atoms with Gasteiger partial charge in [0, 0.05) is 16.5 Å². The molecule has 0 atom stereocenters. The Balaban J connectivity index is 3.23. The number of rotatable bonds is 5. The van der Waals surface area contributed by atoms with Crippen LogP contribution in [0.2, 0.25) is 0 Å². The number of carbonyl (C=O) groups is 1. The third-order valence-electron chi connectivity index (χ3n) is 2.10. The molecule has 0 aromatic heterocycles. The summed E-state index contributed by atoms with van der Waals surface area (Å²) in [7, 11) is 1.59. The molecular formula is C12H15BrO3. The standard InChI is InChI=1S/C12H15BrO3/c1-4-16-12-9(7-8(2)14)10(13)5-6-11(12)15-3/h5-6H,4,7H2,1-3H3. The van der Waals surface area contributed by atoms with Crippen LogP contribution in [0.25, 0.3) is 0 Å². The first-order valence-corrected chi connectivity index (χ1v) is 5.87. The fourth-order valence-corrected chi connectivity index (χ4v) is 1.91. The number of methoxy groups -OCH3 is 1. The molecule has 0 bridgehead atoms. The molecule has 16 heavy (non-hydrogen) atoms. The number of halogens is 1. The van der Waals surface area contributed by atoms with Crippen molar-refractivity contribution >= 4 is 21.7 Å². The van der Waals surface area contributed by atoms with Crippen LogP contribution < -0.4 is 9.47 Å². The first kappa shape index (κ1) is 13.0. The van der Waals surface area contributed by atoms with Gasteiger partial charge >= 0.3 is 0 Å². The molecule has 0 aliphatic heterocycles. The van der Waals surface area contributed by atoms with Gasteiger partial charge in [-0.15, -0.1) is 0 Å². The van der Waals surface area contributed by atoms with Crippen molar-refractivity contribution in [3.8, 4) is 11.5 Å². The van der Waals surface area contributed by atoms with Gasteiger partial charge in [0.05, 0.1) is 13.7 Å². The average molecular weight is 287 g/mol. The van der Waals surface area contributed by atoms with Crippen molar-refractivity contribution < 1.29 is 14.3 Å². The van der Waals surface area contributed by atoms with E-state index in [-0.39, 0.29) is 5.78 Å². The molecule has 1 rings (SSSR count). The second kappa shape index (κ2) is 5.89. The lowest BCUT2D eigenvalue weighted by molar-refractivity contribution is -0.116. The average Bonchev–Trinajstić information content (AvgIpc) is 2.23. The predicted molar refractivity (Wildman–Crippen MR) is 66.2 cm³/mol. The zero-order chi connectivity index (χ0) is 12.1. The Kier molecular flexibility index (Phi) is 4.80. The van der Waals surface area contributed by atoms with Crippen molar-refractivity contribution in [3.63, 3.8) is 0 Å². The minimum absolute atomic E-state index is 0.0925. The summed E-state index contributed by atoms with van der Waals surface area (Å²) in [5, 5.41) is 0. The SMILES string of the molecule is CCOc1c(OC)ccc(Br)c1CC(C)=O. The minimum Gasteiger partial charge on any atom is -0.493 e. The highest BCUT2D eigenvalue weighted by Gasteiger charge is 2.15. The number of hydrogen-bond donors (Lipinski definition) is 0. The maximum atomic E-state index is 11.2. The van der Waals surface area contributed by atoms with Gasteiger partial charge < -0.3 is 9.47 Å². The predicted octanol–water partition coefficient (Wildman–Crippen LogP) is 2.99. The number of ketones is 1. The summed E-state index contributed by atoms with van der Waals surface area (Å²) >= 11 is 3.42. The lowest BCUT2D eigenvalue weighted by atomic mass is 10.1. The summed E-state index contributed by atoms with van der Waals surface area (Å²) in [6, 6.07) is 3.68. The lowest BCUT2D eigenvalue weighted by Crippen LogP contribution is -2.04. The third-order valence-corrected chi connectivity index (χ3v) is 2.84. The van der Waals surface area contributed by atoms with E-state index in [4.69, 9.17) is 9.47 Å². The Bertz CT molecular complexity index is 388. The molecule has 0 heterocycles. The van der Waals surface area contributed by atoms with Crippen molar-refractivity contribution in [3.05, 3.63) is 22.2 Å². The summed E-state index contributed by atoms with van der Waals surface area (Å²) in [6.45, 7) is 4.00. The van der Waals surface area contributed by atoms with Gasteiger partial charge in [-0.3, -0.25) is 4.79 Å². The highest BCUT2D eigenvalue weighted by Crippen LogP contribution is 2.36. The number of hydrogen-bond acceptors (Lipinski definition) is 3. The number of Topliss-reactive ketones (excluding diaryl/α,β-unsaturated/α-hetero) is 1. The molecule has 1 aromatic carbocycles. The van der Waals surface area contributed by atoms with Crippen LogP contribution in [0.15, 0.2) is 16.6 Å². The van der Waals surface area contributed by atoms with E-state index in [1.165, 1.54) is 0 Å². The van der Waals surface area contributed by atoms with Gasteiger partial charge in [-0.05, 0) is 26.0 Å². The Morgan fingerprint density at radius 1 is 1.44 bits per heavy atom. The molecule has 4 heteroatoms. The van der Waals surface area contributed by atoms with Gasteiger partial charge in [0.1, 0.15) is 5.78 Å². The first-order valence-electron chi connectivity index (χ1n) is 5.07. The van der Waals surface area contributed by atoms with Crippen LogP contribution >= 0.6 is 15.9 Å². The van der Waals surface area contributed by atoms with Gasteiger partial charge in [-0.2, -0.15) is 0 Å². The maximum Gasteiger partial charge on any atom is 0.165 e. The molecule has 88 valence electrons. The van der Waals surface area contributed by atoms with Gasteiger partial charge in [0.2, 0.25) is 0 Å². The van der Waals surface area contributed by atoms with E-state index in [2.05, 4.69) is 15.9 Å². The molecule has 0 saturated carbocycles. The van der Waals surface area contributed by atoms with Crippen LogP contribution in [-0.4, -0.2) is 19.5 Å². The Morgan fingerprint density at radius 3 is 2.62 bits per heavy atom. The highest BCUT2D eigenvalue weighted by molar-refractivity contribution is 9.10. The van der Waals surface area contributed by atoms with Crippen molar-refractivity contribution in [2.45, 2.75) is 20.3 Å². The van der Waals surface area contributed by atoms with Crippen molar-refractivity contribution in [2.24, 2.45) is 0 Å². The van der Waals surface area contributed by atoms with Gasteiger partial charge in [0.25, 0.3) is 0 Å². The van der Waals surface area contributed by atoms with E-state index in [1.807, 2.05) is 19.1 Å². The monoisotopic (exact) mass is 286 g/mol. The fourth-order valence-electron chi connectivity index (χ4n) is 1.46. The molecule has 0 amide bonds. The minimum atomic E-state index is 0.0925. The smallest absolute Gasteiger partial charge is 0.165 e. The van der Waals surface area contributed by atoms with Crippen molar-refractivity contribution in [2.75, 3.05) is 13.7 Å². The normalized spacial score (nSPS) is 10.0. The summed E-state index contributed by atoms with van der Waals surface area (Å²) in [5.41, 5.74) is 0.841. The zero-order valence-corrected chi connectivity index (χ0v) is 11.3. The third kappa shape index (κ3) is 2.98. The van der Waals surface area contributed by atoms with Crippen LogP contribution in [0.5, 0.6) is 11.5 Å². The van der Waals surface area contributed by atoms with E-state index in [1.54, 1.807) is 14.0 Å². The Morgan fingerprint density at radius 2 is 2.12 bits per heavy atom. The molecule has 0 radical (unpaired) electrons. The van der Waals surface area contributed by atoms with Gasteiger partial charge in [-0.1, -0.05) is 15.9 Å². The second-order valence-electron chi connectivity index (χ2n) is 3.37. The van der Waals surface area contributed by atoms with E-state index in [0.29, 0.717) is 24.5 Å². The maximum absolute atomic E-state index is 11.2. The zero-order valence-electron chi connectivity index (χ0n) is 9.67. The van der Waals surface area contributed by atoms with E-state index in [0.717, 1.165) is 10.0 Å². The topological polar surface area (TPSA) is 35.5 Å². The van der Waals surface area contributed by atoms with Crippen molar-refractivity contribution in [1.82, 2.24) is 0 Å². The quantitative estimate of drug-likeness (QED) is 0.835. The van der Waals surface area contributed by atoms with Crippen LogP contribution in [0, 0.1) is 0 Å². The summed E-state index contributed by atoms with van der Waals surface area (Å²) in [5.74, 6) is 1.39. The highest BCUT2D eigenvalue weighted by atomic mass is 79.9. The molecule has 0 fully saturated rings. The van der Waals surface area contributed by atoms with E-state index in [9.17, 15) is 4.79 Å². The van der Waals surface area contributed by atoms with Crippen molar-refractivity contribution in [1.29, 1.82) is 0 Å². The first-order chi connectivity index (χ1) is 7.60. The van der Waals surface area contributed by atoms with Crippen LogP contribution in [0.3, 0.4) is 0 Å². The molecule has 0 aliphatic rings.